The highest BCUT2D eigenvalue weighted by molar-refractivity contribution is 5.41. The highest BCUT2D eigenvalue weighted by Gasteiger charge is 2.10. The summed E-state index contributed by atoms with van der Waals surface area (Å²) in [6.45, 7) is 9.27. The first-order valence-electron chi connectivity index (χ1n) is 6.26. The largest absolute Gasteiger partial charge is 0.310 e. The Labute approximate surface area is 108 Å². The number of nitrogens with one attached hydrogen (secondary N) is 1. The van der Waals surface area contributed by atoms with Crippen molar-refractivity contribution in [3.8, 4) is 5.82 Å². The molecular weight excluding hydrogens is 224 g/mol. The van der Waals surface area contributed by atoms with Crippen molar-refractivity contribution in [2.75, 3.05) is 0 Å². The maximum Gasteiger partial charge on any atom is 0.142 e. The molecule has 0 saturated carbocycles. The van der Waals surface area contributed by atoms with Gasteiger partial charge in [-0.1, -0.05) is 13.8 Å². The molecule has 2 aromatic heterocycles. The van der Waals surface area contributed by atoms with Crippen LogP contribution in [0.25, 0.3) is 5.82 Å². The fourth-order valence-electron chi connectivity index (χ4n) is 1.97. The number of aromatic nitrogens is 3. The molecule has 0 spiro atoms. The predicted octanol–water partition coefficient (Wildman–Crippen LogP) is 2.38. The van der Waals surface area contributed by atoms with E-state index in [1.165, 1.54) is 11.1 Å². The third-order valence-electron chi connectivity index (χ3n) is 2.89. The van der Waals surface area contributed by atoms with Gasteiger partial charge in [-0.3, -0.25) is 4.57 Å². The van der Waals surface area contributed by atoms with Crippen LogP contribution in [0, 0.1) is 13.8 Å². The molecule has 96 valence electrons. The molecule has 0 bridgehead atoms. The molecule has 0 fully saturated rings. The van der Waals surface area contributed by atoms with Gasteiger partial charge in [-0.05, 0) is 25.5 Å². The maximum absolute atomic E-state index is 4.64. The third-order valence-corrected chi connectivity index (χ3v) is 2.89. The van der Waals surface area contributed by atoms with Crippen LogP contribution in [0.4, 0.5) is 0 Å². The minimum atomic E-state index is 0.460. The summed E-state index contributed by atoms with van der Waals surface area (Å²) in [6, 6.07) is 2.58. The molecule has 1 N–H and O–H groups in total. The molecular formula is C14H20N4. The first kappa shape index (κ1) is 12.8. The summed E-state index contributed by atoms with van der Waals surface area (Å²) < 4.78 is 1.97. The Kier molecular flexibility index (Phi) is 3.77. The number of imidazole rings is 1. The molecule has 0 aromatic carbocycles. The highest BCUT2D eigenvalue weighted by atomic mass is 15.1. The zero-order chi connectivity index (χ0) is 13.1. The second kappa shape index (κ2) is 5.31. The standard InChI is InChI=1S/C14H20N4/c1-10(2)16-8-13-11(3)7-12(4)17-14(13)18-6-5-15-9-18/h5-7,9-10,16H,8H2,1-4H3. The quantitative estimate of drug-likeness (QED) is 0.898. The number of rotatable bonds is 4. The van der Waals surface area contributed by atoms with Crippen LogP contribution in [-0.2, 0) is 6.54 Å². The van der Waals surface area contributed by atoms with Crippen molar-refractivity contribution in [2.45, 2.75) is 40.3 Å². The van der Waals surface area contributed by atoms with Crippen LogP contribution in [0.3, 0.4) is 0 Å². The molecule has 4 nitrogen and oxygen atoms in total. The van der Waals surface area contributed by atoms with Gasteiger partial charge in [-0.2, -0.15) is 0 Å². The van der Waals surface area contributed by atoms with Gasteiger partial charge in [0.05, 0.1) is 0 Å². The fourth-order valence-corrected chi connectivity index (χ4v) is 1.97. The molecule has 2 rings (SSSR count). The van der Waals surface area contributed by atoms with E-state index in [-0.39, 0.29) is 0 Å². The van der Waals surface area contributed by atoms with Gasteiger partial charge in [0.1, 0.15) is 12.1 Å². The lowest BCUT2D eigenvalue weighted by molar-refractivity contribution is 0.584. The van der Waals surface area contributed by atoms with E-state index in [1.54, 1.807) is 12.5 Å². The number of hydrogen-bond donors (Lipinski definition) is 1. The van der Waals surface area contributed by atoms with E-state index in [0.29, 0.717) is 6.04 Å². The molecule has 4 heteroatoms. The lowest BCUT2D eigenvalue weighted by Gasteiger charge is -2.15. The summed E-state index contributed by atoms with van der Waals surface area (Å²) in [5.74, 6) is 0.971. The second-order valence-electron chi connectivity index (χ2n) is 4.89. The number of hydrogen-bond acceptors (Lipinski definition) is 3. The molecule has 0 atom stereocenters. The van der Waals surface area contributed by atoms with Crippen molar-refractivity contribution >= 4 is 0 Å². The van der Waals surface area contributed by atoms with Crippen LogP contribution in [-0.4, -0.2) is 20.6 Å². The summed E-state index contributed by atoms with van der Waals surface area (Å²) in [7, 11) is 0. The first-order chi connectivity index (χ1) is 8.58. The van der Waals surface area contributed by atoms with Crippen LogP contribution >= 0.6 is 0 Å². The van der Waals surface area contributed by atoms with Gasteiger partial charge in [0, 0.05) is 36.2 Å². The van der Waals surface area contributed by atoms with Crippen molar-refractivity contribution in [3.63, 3.8) is 0 Å². The van der Waals surface area contributed by atoms with E-state index in [2.05, 4.69) is 42.1 Å². The SMILES string of the molecule is Cc1cc(C)c(CNC(C)C)c(-n2ccnc2)n1. The summed E-state index contributed by atoms with van der Waals surface area (Å²) in [5, 5.41) is 3.45. The zero-order valence-corrected chi connectivity index (χ0v) is 11.4. The van der Waals surface area contributed by atoms with Crippen LogP contribution < -0.4 is 5.32 Å². The number of pyridine rings is 1. The topological polar surface area (TPSA) is 42.7 Å². The van der Waals surface area contributed by atoms with E-state index in [1.807, 2.05) is 17.7 Å². The Balaban J connectivity index is 2.42. The first-order valence-corrected chi connectivity index (χ1v) is 6.26. The summed E-state index contributed by atoms with van der Waals surface area (Å²) in [5.41, 5.74) is 3.52. The van der Waals surface area contributed by atoms with Crippen molar-refractivity contribution in [1.29, 1.82) is 0 Å². The van der Waals surface area contributed by atoms with Crippen molar-refractivity contribution in [3.05, 3.63) is 41.6 Å². The number of aryl methyl sites for hydroxylation is 2. The molecule has 2 aromatic rings. The van der Waals surface area contributed by atoms with Gasteiger partial charge in [-0.25, -0.2) is 9.97 Å². The molecule has 0 aliphatic carbocycles. The van der Waals surface area contributed by atoms with E-state index in [9.17, 15) is 0 Å². The summed E-state index contributed by atoms with van der Waals surface area (Å²) in [4.78, 5) is 8.73. The Morgan fingerprint density at radius 3 is 2.72 bits per heavy atom. The Morgan fingerprint density at radius 1 is 1.33 bits per heavy atom. The molecule has 18 heavy (non-hydrogen) atoms. The van der Waals surface area contributed by atoms with Gasteiger partial charge in [0.2, 0.25) is 0 Å². The molecule has 0 saturated heterocycles. The highest BCUT2D eigenvalue weighted by Crippen LogP contribution is 2.17. The minimum Gasteiger partial charge on any atom is -0.310 e. The average Bonchev–Trinajstić information content (AvgIpc) is 2.79. The second-order valence-corrected chi connectivity index (χ2v) is 4.89. The van der Waals surface area contributed by atoms with Crippen molar-refractivity contribution < 1.29 is 0 Å². The molecule has 0 amide bonds. The van der Waals surface area contributed by atoms with Crippen LogP contribution in [0.1, 0.15) is 30.7 Å². The molecule has 0 aliphatic heterocycles. The van der Waals surface area contributed by atoms with E-state index in [0.717, 1.165) is 18.1 Å². The molecule has 0 unspecified atom stereocenters. The normalized spacial score (nSPS) is 11.2. The van der Waals surface area contributed by atoms with E-state index < -0.39 is 0 Å². The van der Waals surface area contributed by atoms with Crippen LogP contribution in [0.5, 0.6) is 0 Å². The minimum absolute atomic E-state index is 0.460. The van der Waals surface area contributed by atoms with Gasteiger partial charge in [0.15, 0.2) is 0 Å². The molecule has 0 aliphatic rings. The summed E-state index contributed by atoms with van der Waals surface area (Å²) in [6.07, 6.45) is 5.50. The van der Waals surface area contributed by atoms with Crippen LogP contribution in [0.15, 0.2) is 24.8 Å². The lowest BCUT2D eigenvalue weighted by Crippen LogP contribution is -2.23. The Hall–Kier alpha value is -1.68. The van der Waals surface area contributed by atoms with E-state index >= 15 is 0 Å². The van der Waals surface area contributed by atoms with Gasteiger partial charge < -0.3 is 5.32 Å². The fraction of sp³-hybridized carbons (Fsp3) is 0.429. The maximum atomic E-state index is 4.64. The monoisotopic (exact) mass is 244 g/mol. The Morgan fingerprint density at radius 2 is 2.11 bits per heavy atom. The van der Waals surface area contributed by atoms with Crippen LogP contribution in [0.2, 0.25) is 0 Å². The number of nitrogens with zero attached hydrogens (tertiary/aromatic N) is 3. The average molecular weight is 244 g/mol. The third kappa shape index (κ3) is 2.76. The zero-order valence-electron chi connectivity index (χ0n) is 11.4. The van der Waals surface area contributed by atoms with Gasteiger partial charge in [0.25, 0.3) is 0 Å². The van der Waals surface area contributed by atoms with Gasteiger partial charge >= 0.3 is 0 Å². The van der Waals surface area contributed by atoms with Gasteiger partial charge in [-0.15, -0.1) is 0 Å². The smallest absolute Gasteiger partial charge is 0.142 e. The van der Waals surface area contributed by atoms with Crippen molar-refractivity contribution in [2.24, 2.45) is 0 Å². The summed E-state index contributed by atoms with van der Waals surface area (Å²) >= 11 is 0. The Bertz CT molecular complexity index is 515. The molecule has 0 radical (unpaired) electrons. The van der Waals surface area contributed by atoms with Crippen molar-refractivity contribution in [1.82, 2.24) is 19.9 Å². The van der Waals surface area contributed by atoms with E-state index in [4.69, 9.17) is 0 Å². The molecule has 2 heterocycles. The lowest BCUT2D eigenvalue weighted by atomic mass is 10.1. The predicted molar refractivity (Wildman–Crippen MR) is 72.8 cm³/mol.